The molecule has 25 heavy (non-hydrogen) atoms. The molecule has 2 aromatic rings. The molecule has 0 saturated heterocycles. The van der Waals surface area contributed by atoms with E-state index < -0.39 is 0 Å². The minimum Gasteiger partial charge on any atom is -0.493 e. The molecule has 0 unspecified atom stereocenters. The highest BCUT2D eigenvalue weighted by molar-refractivity contribution is 9.10. The number of amides is 1. The van der Waals surface area contributed by atoms with Gasteiger partial charge in [0.05, 0.1) is 12.8 Å². The van der Waals surface area contributed by atoms with Crippen LogP contribution < -0.4 is 14.9 Å². The smallest absolute Gasteiger partial charge is 0.277 e. The molecule has 5 nitrogen and oxygen atoms in total. The number of nitrogens with zero attached hydrogens (tertiary/aromatic N) is 1. The molecular formula is C18H18BrClN2O3. The quantitative estimate of drug-likeness (QED) is 0.503. The molecule has 0 aliphatic heterocycles. The molecule has 0 fully saturated rings. The van der Waals surface area contributed by atoms with Gasteiger partial charge in [0.25, 0.3) is 5.91 Å². The van der Waals surface area contributed by atoms with Gasteiger partial charge in [-0.15, -0.1) is 0 Å². The Kier molecular flexibility index (Phi) is 7.76. The van der Waals surface area contributed by atoms with Gasteiger partial charge in [0, 0.05) is 15.1 Å². The van der Waals surface area contributed by atoms with E-state index >= 15 is 0 Å². The van der Waals surface area contributed by atoms with Gasteiger partial charge < -0.3 is 9.47 Å². The lowest BCUT2D eigenvalue weighted by Gasteiger charge is -2.08. The molecule has 0 bridgehead atoms. The number of carbonyl (C=O) groups is 1. The maximum atomic E-state index is 11.8. The van der Waals surface area contributed by atoms with Crippen molar-refractivity contribution in [3.63, 3.8) is 0 Å². The van der Waals surface area contributed by atoms with Crippen molar-refractivity contribution in [2.75, 3.05) is 13.2 Å². The highest BCUT2D eigenvalue weighted by atomic mass is 79.9. The second-order valence-electron chi connectivity index (χ2n) is 5.07. The SMILES string of the molecule is CCCOc1ccc(Br)cc1C=NNC(=O)COc1ccc(Cl)cc1. The average Bonchev–Trinajstić information content (AvgIpc) is 2.60. The highest BCUT2D eigenvalue weighted by Crippen LogP contribution is 2.22. The molecule has 0 heterocycles. The molecule has 2 aromatic carbocycles. The van der Waals surface area contributed by atoms with Crippen LogP contribution in [-0.4, -0.2) is 25.3 Å². The molecule has 0 atom stereocenters. The molecule has 0 spiro atoms. The highest BCUT2D eigenvalue weighted by Gasteiger charge is 2.04. The zero-order valence-electron chi connectivity index (χ0n) is 13.7. The van der Waals surface area contributed by atoms with Crippen LogP contribution >= 0.6 is 27.5 Å². The Balaban J connectivity index is 1.88. The second kappa shape index (κ2) is 10.1. The summed E-state index contributed by atoms with van der Waals surface area (Å²) in [5, 5.41) is 4.56. The van der Waals surface area contributed by atoms with Gasteiger partial charge in [-0.2, -0.15) is 5.10 Å². The first kappa shape index (κ1) is 19.3. The van der Waals surface area contributed by atoms with Crippen molar-refractivity contribution < 1.29 is 14.3 Å². The van der Waals surface area contributed by atoms with Crippen molar-refractivity contribution in [3.05, 3.63) is 57.5 Å². The average molecular weight is 426 g/mol. The van der Waals surface area contributed by atoms with Crippen molar-refractivity contribution in [1.29, 1.82) is 0 Å². The van der Waals surface area contributed by atoms with Crippen molar-refractivity contribution in [3.8, 4) is 11.5 Å². The number of nitrogens with one attached hydrogen (secondary N) is 1. The topological polar surface area (TPSA) is 59.9 Å². The first-order chi connectivity index (χ1) is 12.1. The van der Waals surface area contributed by atoms with Crippen LogP contribution in [0.2, 0.25) is 5.02 Å². The molecule has 7 heteroatoms. The molecule has 0 aliphatic carbocycles. The lowest BCUT2D eigenvalue weighted by Crippen LogP contribution is -2.24. The Morgan fingerprint density at radius 2 is 2.00 bits per heavy atom. The van der Waals surface area contributed by atoms with Crippen LogP contribution in [0.1, 0.15) is 18.9 Å². The van der Waals surface area contributed by atoms with E-state index in [1.807, 2.05) is 25.1 Å². The monoisotopic (exact) mass is 424 g/mol. The van der Waals surface area contributed by atoms with Crippen molar-refractivity contribution in [2.45, 2.75) is 13.3 Å². The van der Waals surface area contributed by atoms with E-state index in [-0.39, 0.29) is 12.5 Å². The van der Waals surface area contributed by atoms with Gasteiger partial charge in [0.1, 0.15) is 11.5 Å². The summed E-state index contributed by atoms with van der Waals surface area (Å²) >= 11 is 9.20. The largest absolute Gasteiger partial charge is 0.493 e. The van der Waals surface area contributed by atoms with Crippen molar-refractivity contribution in [2.24, 2.45) is 5.10 Å². The van der Waals surface area contributed by atoms with Crippen LogP contribution in [0.15, 0.2) is 52.0 Å². The molecule has 1 N–H and O–H groups in total. The molecule has 132 valence electrons. The van der Waals surface area contributed by atoms with Crippen molar-refractivity contribution in [1.82, 2.24) is 5.43 Å². The van der Waals surface area contributed by atoms with Crippen LogP contribution in [0.5, 0.6) is 11.5 Å². The number of hydrogen-bond acceptors (Lipinski definition) is 4. The fourth-order valence-corrected chi connectivity index (χ4v) is 2.35. The number of ether oxygens (including phenoxy) is 2. The molecule has 0 radical (unpaired) electrons. The lowest BCUT2D eigenvalue weighted by molar-refractivity contribution is -0.123. The minimum absolute atomic E-state index is 0.142. The third-order valence-electron chi connectivity index (χ3n) is 3.01. The number of hydrogen-bond donors (Lipinski definition) is 1. The number of carbonyl (C=O) groups excluding carboxylic acids is 1. The predicted molar refractivity (Wildman–Crippen MR) is 103 cm³/mol. The van der Waals surface area contributed by atoms with Gasteiger partial charge in [0.2, 0.25) is 0 Å². The maximum Gasteiger partial charge on any atom is 0.277 e. The summed E-state index contributed by atoms with van der Waals surface area (Å²) in [5.74, 6) is 0.906. The van der Waals surface area contributed by atoms with Gasteiger partial charge in [-0.3, -0.25) is 4.79 Å². The predicted octanol–water partition coefficient (Wildman–Crippen LogP) is 4.42. The zero-order valence-corrected chi connectivity index (χ0v) is 16.0. The third kappa shape index (κ3) is 6.76. The summed E-state index contributed by atoms with van der Waals surface area (Å²) in [6.07, 6.45) is 2.45. The van der Waals surface area contributed by atoms with E-state index in [0.717, 1.165) is 16.5 Å². The van der Waals surface area contributed by atoms with E-state index in [9.17, 15) is 4.79 Å². The molecular weight excluding hydrogens is 408 g/mol. The van der Waals surface area contributed by atoms with Gasteiger partial charge in [-0.05, 0) is 48.9 Å². The van der Waals surface area contributed by atoms with Crippen molar-refractivity contribution >= 4 is 39.7 Å². The maximum absolute atomic E-state index is 11.8. The summed E-state index contributed by atoms with van der Waals surface area (Å²) in [6.45, 7) is 2.51. The summed E-state index contributed by atoms with van der Waals surface area (Å²) in [5.41, 5.74) is 3.19. The van der Waals surface area contributed by atoms with E-state index in [1.165, 1.54) is 6.21 Å². The van der Waals surface area contributed by atoms with Crippen LogP contribution in [-0.2, 0) is 4.79 Å². The number of rotatable bonds is 8. The van der Waals surface area contributed by atoms with Gasteiger partial charge in [0.15, 0.2) is 6.61 Å². The van der Waals surface area contributed by atoms with E-state index in [2.05, 4.69) is 26.5 Å². The summed E-state index contributed by atoms with van der Waals surface area (Å²) in [6, 6.07) is 12.4. The van der Waals surface area contributed by atoms with Crippen LogP contribution in [0, 0.1) is 0 Å². The zero-order chi connectivity index (χ0) is 18.1. The second-order valence-corrected chi connectivity index (χ2v) is 6.42. The molecule has 0 aromatic heterocycles. The van der Waals surface area contributed by atoms with E-state index in [1.54, 1.807) is 24.3 Å². The van der Waals surface area contributed by atoms with Gasteiger partial charge in [-0.1, -0.05) is 34.5 Å². The molecule has 1 amide bonds. The minimum atomic E-state index is -0.364. The third-order valence-corrected chi connectivity index (χ3v) is 3.76. The Hall–Kier alpha value is -2.05. The normalized spacial score (nSPS) is 10.7. The number of halogens is 2. The number of hydrazone groups is 1. The first-order valence-electron chi connectivity index (χ1n) is 7.71. The van der Waals surface area contributed by atoms with Crippen LogP contribution in [0.3, 0.4) is 0 Å². The van der Waals surface area contributed by atoms with Crippen LogP contribution in [0.25, 0.3) is 0 Å². The Bertz CT molecular complexity index is 736. The Morgan fingerprint density at radius 3 is 2.72 bits per heavy atom. The summed E-state index contributed by atoms with van der Waals surface area (Å²) < 4.78 is 11.9. The van der Waals surface area contributed by atoms with Gasteiger partial charge >= 0.3 is 0 Å². The van der Waals surface area contributed by atoms with Crippen LogP contribution in [0.4, 0.5) is 0 Å². The molecule has 0 aliphatic rings. The standard InChI is InChI=1S/C18H18BrClN2O3/c1-2-9-24-17-8-3-14(19)10-13(17)11-21-22-18(23)12-25-16-6-4-15(20)5-7-16/h3-8,10-11H,2,9,12H2,1H3,(H,22,23). The number of benzene rings is 2. The fourth-order valence-electron chi connectivity index (χ4n) is 1.85. The molecule has 0 saturated carbocycles. The summed E-state index contributed by atoms with van der Waals surface area (Å²) in [7, 11) is 0. The van der Waals surface area contributed by atoms with E-state index in [4.69, 9.17) is 21.1 Å². The first-order valence-corrected chi connectivity index (χ1v) is 8.88. The lowest BCUT2D eigenvalue weighted by atomic mass is 10.2. The molecule has 2 rings (SSSR count). The fraction of sp³-hybridized carbons (Fsp3) is 0.222. The Morgan fingerprint density at radius 1 is 1.24 bits per heavy atom. The Labute approximate surface area is 160 Å². The van der Waals surface area contributed by atoms with E-state index in [0.29, 0.717) is 23.1 Å². The summed E-state index contributed by atoms with van der Waals surface area (Å²) in [4.78, 5) is 11.8. The van der Waals surface area contributed by atoms with Gasteiger partial charge in [-0.25, -0.2) is 5.43 Å².